The van der Waals surface area contributed by atoms with Crippen molar-refractivity contribution in [3.63, 3.8) is 0 Å². The van der Waals surface area contributed by atoms with Crippen LogP contribution in [0.2, 0.25) is 5.02 Å². The highest BCUT2D eigenvalue weighted by Gasteiger charge is 2.13. The number of hydrazone groups is 1. The number of anilines is 1. The number of piperidine rings is 1. The van der Waals surface area contributed by atoms with Crippen LogP contribution in [0.1, 0.15) is 12.8 Å². The molecule has 24 heavy (non-hydrogen) atoms. The zero-order valence-corrected chi connectivity index (χ0v) is 14.7. The molecule has 2 aromatic rings. The number of likely N-dealkylation sites (tertiary alicyclic amines) is 1. The van der Waals surface area contributed by atoms with Crippen LogP contribution in [0, 0.1) is 0 Å². The standard InChI is InChI=1S/C15H17ClN6OS/c1-22-8-6-12(7-9-22)19-21-15-17-13(23)14(24-15)20-18-11-4-2-10(16)3-5-11/h2-5,23H,6-9H2,1H3,(H,17,21). The number of thiazole rings is 1. The lowest BCUT2D eigenvalue weighted by Gasteiger charge is -2.22. The van der Waals surface area contributed by atoms with Gasteiger partial charge in [-0.2, -0.15) is 10.1 Å². The number of rotatable bonds is 4. The van der Waals surface area contributed by atoms with Crippen molar-refractivity contribution < 1.29 is 5.11 Å². The van der Waals surface area contributed by atoms with Crippen molar-refractivity contribution in [2.75, 3.05) is 25.6 Å². The molecule has 1 aliphatic rings. The largest absolute Gasteiger partial charge is 0.491 e. The van der Waals surface area contributed by atoms with Crippen LogP contribution < -0.4 is 5.43 Å². The molecular weight excluding hydrogens is 348 g/mol. The van der Waals surface area contributed by atoms with Gasteiger partial charge < -0.3 is 10.0 Å². The van der Waals surface area contributed by atoms with Crippen LogP contribution in [0.15, 0.2) is 39.6 Å². The van der Waals surface area contributed by atoms with E-state index in [-0.39, 0.29) is 5.88 Å². The zero-order valence-electron chi connectivity index (χ0n) is 13.1. The Labute approximate surface area is 148 Å². The fourth-order valence-electron chi connectivity index (χ4n) is 2.14. The van der Waals surface area contributed by atoms with E-state index in [1.165, 1.54) is 11.3 Å². The first-order chi connectivity index (χ1) is 11.6. The van der Waals surface area contributed by atoms with Crippen LogP contribution in [0.25, 0.3) is 0 Å². The Bertz CT molecular complexity index is 748. The molecule has 3 rings (SSSR count). The molecule has 1 aromatic carbocycles. The summed E-state index contributed by atoms with van der Waals surface area (Å²) >= 11 is 7.02. The molecule has 2 N–H and O–H groups in total. The molecule has 0 saturated carbocycles. The lowest BCUT2D eigenvalue weighted by Crippen LogP contribution is -2.30. The Balaban J connectivity index is 1.64. The molecule has 1 fully saturated rings. The lowest BCUT2D eigenvalue weighted by atomic mass is 10.1. The minimum Gasteiger partial charge on any atom is -0.491 e. The number of nitrogens with zero attached hydrogens (tertiary/aromatic N) is 5. The fourth-order valence-corrected chi connectivity index (χ4v) is 2.89. The van der Waals surface area contributed by atoms with Crippen molar-refractivity contribution in [1.82, 2.24) is 9.88 Å². The van der Waals surface area contributed by atoms with Gasteiger partial charge in [0.1, 0.15) is 0 Å². The van der Waals surface area contributed by atoms with Crippen molar-refractivity contribution in [2.45, 2.75) is 12.8 Å². The molecular formula is C15H17ClN6OS. The third-order valence-corrected chi connectivity index (χ3v) is 4.63. The van der Waals surface area contributed by atoms with Gasteiger partial charge in [0, 0.05) is 36.7 Å². The van der Waals surface area contributed by atoms with Gasteiger partial charge in [-0.3, -0.25) is 5.43 Å². The molecule has 0 bridgehead atoms. The van der Waals surface area contributed by atoms with Gasteiger partial charge in [-0.25, -0.2) is 0 Å². The Kier molecular flexibility index (Phi) is 5.39. The monoisotopic (exact) mass is 364 g/mol. The van der Waals surface area contributed by atoms with Crippen molar-refractivity contribution in [3.8, 4) is 5.88 Å². The molecule has 126 valence electrons. The molecule has 2 heterocycles. The summed E-state index contributed by atoms with van der Waals surface area (Å²) in [6.07, 6.45) is 1.87. The van der Waals surface area contributed by atoms with Crippen LogP contribution in [0.4, 0.5) is 15.8 Å². The molecule has 0 atom stereocenters. The number of nitrogens with one attached hydrogen (secondary N) is 1. The molecule has 9 heteroatoms. The van der Waals surface area contributed by atoms with E-state index in [4.69, 9.17) is 11.6 Å². The van der Waals surface area contributed by atoms with E-state index in [0.29, 0.717) is 20.8 Å². The summed E-state index contributed by atoms with van der Waals surface area (Å²) in [5.41, 5.74) is 4.64. The Hall–Kier alpha value is -2.03. The van der Waals surface area contributed by atoms with E-state index in [1.807, 2.05) is 0 Å². The summed E-state index contributed by atoms with van der Waals surface area (Å²) < 4.78 is 0. The Morgan fingerprint density at radius 2 is 1.92 bits per heavy atom. The van der Waals surface area contributed by atoms with Gasteiger partial charge in [-0.15, -0.1) is 10.2 Å². The zero-order chi connectivity index (χ0) is 16.9. The molecule has 0 spiro atoms. The van der Waals surface area contributed by atoms with Gasteiger partial charge in [0.2, 0.25) is 10.1 Å². The van der Waals surface area contributed by atoms with Crippen LogP contribution in [0.3, 0.4) is 0 Å². The SMILES string of the molecule is CN1CCC(=NNc2nc(O)c(N=Nc3ccc(Cl)cc3)s2)CC1. The summed E-state index contributed by atoms with van der Waals surface area (Å²) in [5, 5.41) is 23.7. The highest BCUT2D eigenvalue weighted by Crippen LogP contribution is 2.37. The summed E-state index contributed by atoms with van der Waals surface area (Å²) in [5.74, 6) is -0.163. The number of aromatic hydroxyl groups is 1. The van der Waals surface area contributed by atoms with E-state index < -0.39 is 0 Å². The predicted octanol–water partition coefficient (Wildman–Crippen LogP) is 4.41. The first-order valence-electron chi connectivity index (χ1n) is 7.47. The molecule has 1 aliphatic heterocycles. The van der Waals surface area contributed by atoms with Gasteiger partial charge in [0.15, 0.2) is 0 Å². The third kappa shape index (κ3) is 4.50. The smallest absolute Gasteiger partial charge is 0.253 e. The predicted molar refractivity (Wildman–Crippen MR) is 97.2 cm³/mol. The quantitative estimate of drug-likeness (QED) is 0.621. The lowest BCUT2D eigenvalue weighted by molar-refractivity contribution is 0.336. The molecule has 1 aromatic heterocycles. The fraction of sp³-hybridized carbons (Fsp3) is 0.333. The van der Waals surface area contributed by atoms with E-state index >= 15 is 0 Å². The molecule has 0 unspecified atom stereocenters. The second kappa shape index (κ2) is 7.69. The number of aromatic nitrogens is 1. The van der Waals surface area contributed by atoms with Crippen LogP contribution in [-0.2, 0) is 0 Å². The van der Waals surface area contributed by atoms with Crippen molar-refractivity contribution in [3.05, 3.63) is 29.3 Å². The van der Waals surface area contributed by atoms with E-state index in [2.05, 4.69) is 37.7 Å². The van der Waals surface area contributed by atoms with Gasteiger partial charge in [-0.05, 0) is 31.3 Å². The second-order valence-electron chi connectivity index (χ2n) is 5.42. The Morgan fingerprint density at radius 1 is 1.21 bits per heavy atom. The van der Waals surface area contributed by atoms with E-state index in [9.17, 15) is 5.11 Å². The Morgan fingerprint density at radius 3 is 2.62 bits per heavy atom. The average Bonchev–Trinajstić information content (AvgIpc) is 2.94. The minimum atomic E-state index is -0.163. The van der Waals surface area contributed by atoms with Gasteiger partial charge >= 0.3 is 0 Å². The van der Waals surface area contributed by atoms with Crippen LogP contribution in [0.5, 0.6) is 5.88 Å². The van der Waals surface area contributed by atoms with Crippen LogP contribution >= 0.6 is 22.9 Å². The number of azo groups is 1. The van der Waals surface area contributed by atoms with Gasteiger partial charge in [0.05, 0.1) is 5.69 Å². The van der Waals surface area contributed by atoms with Gasteiger partial charge in [-0.1, -0.05) is 22.9 Å². The van der Waals surface area contributed by atoms with Crippen LogP contribution in [-0.4, -0.2) is 40.8 Å². The van der Waals surface area contributed by atoms with Gasteiger partial charge in [0.25, 0.3) is 5.88 Å². The molecule has 0 aliphatic carbocycles. The van der Waals surface area contributed by atoms with Crippen molar-refractivity contribution in [1.29, 1.82) is 0 Å². The molecule has 1 saturated heterocycles. The number of hydrogen-bond acceptors (Lipinski definition) is 8. The molecule has 0 amide bonds. The molecule has 7 nitrogen and oxygen atoms in total. The maximum absolute atomic E-state index is 9.85. The normalized spacial score (nSPS) is 15.8. The summed E-state index contributed by atoms with van der Waals surface area (Å²) in [6.45, 7) is 2.01. The van der Waals surface area contributed by atoms with Crippen molar-refractivity contribution in [2.24, 2.45) is 15.3 Å². The van der Waals surface area contributed by atoms with E-state index in [1.54, 1.807) is 24.3 Å². The maximum Gasteiger partial charge on any atom is 0.253 e. The first-order valence-corrected chi connectivity index (χ1v) is 8.67. The molecule has 0 radical (unpaired) electrons. The maximum atomic E-state index is 9.85. The second-order valence-corrected chi connectivity index (χ2v) is 6.83. The number of halogens is 1. The highest BCUT2D eigenvalue weighted by atomic mass is 35.5. The summed E-state index contributed by atoms with van der Waals surface area (Å²) in [6, 6.07) is 6.95. The number of hydrogen-bond donors (Lipinski definition) is 2. The van der Waals surface area contributed by atoms with Crippen molar-refractivity contribution >= 4 is 44.5 Å². The highest BCUT2D eigenvalue weighted by molar-refractivity contribution is 7.19. The first kappa shape index (κ1) is 16.8. The topological polar surface area (TPSA) is 85.5 Å². The van der Waals surface area contributed by atoms with E-state index in [0.717, 1.165) is 31.6 Å². The number of benzene rings is 1. The summed E-state index contributed by atoms with van der Waals surface area (Å²) in [4.78, 5) is 6.27. The third-order valence-electron chi connectivity index (χ3n) is 3.55. The summed E-state index contributed by atoms with van der Waals surface area (Å²) in [7, 11) is 2.10. The minimum absolute atomic E-state index is 0.163. The average molecular weight is 365 g/mol.